The first kappa shape index (κ1) is 21.0. The summed E-state index contributed by atoms with van der Waals surface area (Å²) in [6.07, 6.45) is -3.83. The van der Waals surface area contributed by atoms with Crippen molar-refractivity contribution >= 4 is 23.0 Å². The molecule has 4 nitrogen and oxygen atoms in total. The molecule has 27 heavy (non-hydrogen) atoms. The van der Waals surface area contributed by atoms with E-state index in [4.69, 9.17) is 12.2 Å². The van der Waals surface area contributed by atoms with Crippen LogP contribution in [0.1, 0.15) is 5.56 Å². The number of benzene rings is 2. The maximum Gasteiger partial charge on any atom is 0.573 e. The molecule has 0 aliphatic heterocycles. The highest BCUT2D eigenvalue weighted by atomic mass is 32.1. The summed E-state index contributed by atoms with van der Waals surface area (Å²) in [6.45, 7) is 0.628. The standard InChI is InChI=1S/C19H22F3N3OS/c1-25(2)16(12-14-6-4-3-5-7-14)13-23-18(27)24-15-8-10-17(11-9-15)26-19(20,21)22/h3-11,16H,12-13H2,1-2H3,(H2,23,24,27)/t16-/m0/s1. The van der Waals surface area contributed by atoms with Crippen LogP contribution in [-0.4, -0.2) is 43.1 Å². The van der Waals surface area contributed by atoms with Crippen molar-refractivity contribution in [2.75, 3.05) is 26.0 Å². The Morgan fingerprint density at radius 3 is 2.26 bits per heavy atom. The van der Waals surface area contributed by atoms with Gasteiger partial charge >= 0.3 is 6.36 Å². The number of ether oxygens (including phenoxy) is 1. The number of likely N-dealkylation sites (N-methyl/N-ethyl adjacent to an activating group) is 1. The second-order valence-electron chi connectivity index (χ2n) is 6.21. The summed E-state index contributed by atoms with van der Waals surface area (Å²) in [6, 6.07) is 15.8. The van der Waals surface area contributed by atoms with Gasteiger partial charge in [0.05, 0.1) is 0 Å². The number of nitrogens with one attached hydrogen (secondary N) is 2. The molecule has 0 heterocycles. The van der Waals surface area contributed by atoms with Crippen molar-refractivity contribution in [1.29, 1.82) is 0 Å². The number of hydrogen-bond acceptors (Lipinski definition) is 3. The summed E-state index contributed by atoms with van der Waals surface area (Å²) >= 11 is 5.27. The van der Waals surface area contributed by atoms with Crippen LogP contribution < -0.4 is 15.4 Å². The Morgan fingerprint density at radius 2 is 1.70 bits per heavy atom. The lowest BCUT2D eigenvalue weighted by atomic mass is 10.1. The van der Waals surface area contributed by atoms with Gasteiger partial charge in [-0.15, -0.1) is 13.2 Å². The number of alkyl halides is 3. The molecule has 0 aliphatic carbocycles. The van der Waals surface area contributed by atoms with Crippen LogP contribution >= 0.6 is 12.2 Å². The SMILES string of the molecule is CN(C)[C@H](CNC(=S)Nc1ccc(OC(F)(F)F)cc1)Cc1ccccc1. The van der Waals surface area contributed by atoms with E-state index in [-0.39, 0.29) is 11.8 Å². The lowest BCUT2D eigenvalue weighted by Gasteiger charge is -2.25. The molecular weight excluding hydrogens is 375 g/mol. The number of rotatable bonds is 7. The first-order valence-corrected chi connectivity index (χ1v) is 8.75. The Hall–Kier alpha value is -2.32. The van der Waals surface area contributed by atoms with E-state index in [1.807, 2.05) is 32.3 Å². The Balaban J connectivity index is 1.85. The van der Waals surface area contributed by atoms with Gasteiger partial charge in [-0.2, -0.15) is 0 Å². The third-order valence-electron chi connectivity index (χ3n) is 3.89. The average Bonchev–Trinajstić information content (AvgIpc) is 2.59. The summed E-state index contributed by atoms with van der Waals surface area (Å²) in [4.78, 5) is 2.12. The minimum atomic E-state index is -4.70. The normalized spacial score (nSPS) is 12.5. The summed E-state index contributed by atoms with van der Waals surface area (Å²) in [5.74, 6) is -0.275. The molecule has 0 saturated heterocycles. The molecule has 0 radical (unpaired) electrons. The molecule has 2 rings (SSSR count). The number of hydrogen-bond donors (Lipinski definition) is 2. The number of anilines is 1. The van der Waals surface area contributed by atoms with Crippen LogP contribution in [-0.2, 0) is 6.42 Å². The van der Waals surface area contributed by atoms with Gasteiger partial charge in [-0.25, -0.2) is 0 Å². The van der Waals surface area contributed by atoms with Gasteiger partial charge in [0, 0.05) is 18.3 Å². The first-order valence-electron chi connectivity index (χ1n) is 8.34. The van der Waals surface area contributed by atoms with Gasteiger partial charge < -0.3 is 20.3 Å². The van der Waals surface area contributed by atoms with Crippen molar-refractivity contribution < 1.29 is 17.9 Å². The fourth-order valence-corrected chi connectivity index (χ4v) is 2.65. The molecule has 0 fully saturated rings. The number of thiocarbonyl (C=S) groups is 1. The highest BCUT2D eigenvalue weighted by Crippen LogP contribution is 2.23. The lowest BCUT2D eigenvalue weighted by molar-refractivity contribution is -0.274. The van der Waals surface area contributed by atoms with Crippen LogP contribution in [0.25, 0.3) is 0 Å². The van der Waals surface area contributed by atoms with E-state index in [0.717, 1.165) is 6.42 Å². The lowest BCUT2D eigenvalue weighted by Crippen LogP contribution is -2.42. The van der Waals surface area contributed by atoms with E-state index in [1.165, 1.54) is 29.8 Å². The molecule has 0 aromatic heterocycles. The fourth-order valence-electron chi connectivity index (χ4n) is 2.45. The summed E-state index contributed by atoms with van der Waals surface area (Å²) in [7, 11) is 4.01. The van der Waals surface area contributed by atoms with Gasteiger partial charge in [-0.3, -0.25) is 0 Å². The summed E-state index contributed by atoms with van der Waals surface area (Å²) in [5.41, 5.74) is 1.81. The summed E-state index contributed by atoms with van der Waals surface area (Å²) < 4.78 is 40.4. The maximum absolute atomic E-state index is 12.2. The Labute approximate surface area is 162 Å². The molecule has 0 spiro atoms. The molecule has 2 aromatic carbocycles. The fraction of sp³-hybridized carbons (Fsp3) is 0.316. The third kappa shape index (κ3) is 7.84. The minimum Gasteiger partial charge on any atom is -0.406 e. The van der Waals surface area contributed by atoms with Crippen molar-refractivity contribution in [1.82, 2.24) is 10.2 Å². The molecule has 8 heteroatoms. The molecule has 2 aromatic rings. The van der Waals surface area contributed by atoms with Crippen LogP contribution in [0.4, 0.5) is 18.9 Å². The second-order valence-corrected chi connectivity index (χ2v) is 6.62. The van der Waals surface area contributed by atoms with Crippen LogP contribution in [0.15, 0.2) is 54.6 Å². The molecular formula is C19H22F3N3OS. The van der Waals surface area contributed by atoms with Gasteiger partial charge in [0.1, 0.15) is 5.75 Å². The van der Waals surface area contributed by atoms with Gasteiger partial charge in [-0.05, 0) is 62.6 Å². The monoisotopic (exact) mass is 397 g/mol. The van der Waals surface area contributed by atoms with Gasteiger partial charge in [-0.1, -0.05) is 30.3 Å². The quantitative estimate of drug-likeness (QED) is 0.690. The Bertz CT molecular complexity index is 721. The van der Waals surface area contributed by atoms with Gasteiger partial charge in [0.15, 0.2) is 5.11 Å². The van der Waals surface area contributed by atoms with Crippen LogP contribution in [0.5, 0.6) is 5.75 Å². The van der Waals surface area contributed by atoms with Crippen LogP contribution in [0.3, 0.4) is 0 Å². The van der Waals surface area contributed by atoms with Gasteiger partial charge in [0.25, 0.3) is 0 Å². The molecule has 0 saturated carbocycles. The smallest absolute Gasteiger partial charge is 0.406 e. The zero-order valence-corrected chi connectivity index (χ0v) is 15.9. The number of halogens is 3. The molecule has 0 amide bonds. The van der Waals surface area contributed by atoms with Crippen molar-refractivity contribution in [3.05, 3.63) is 60.2 Å². The molecule has 0 aliphatic rings. The highest BCUT2D eigenvalue weighted by molar-refractivity contribution is 7.80. The second kappa shape index (κ2) is 9.57. The molecule has 0 unspecified atom stereocenters. The predicted molar refractivity (Wildman–Crippen MR) is 105 cm³/mol. The molecule has 0 bridgehead atoms. The molecule has 2 N–H and O–H groups in total. The zero-order valence-electron chi connectivity index (χ0n) is 15.1. The van der Waals surface area contributed by atoms with E-state index >= 15 is 0 Å². The Morgan fingerprint density at radius 1 is 1.07 bits per heavy atom. The zero-order chi connectivity index (χ0) is 19.9. The summed E-state index contributed by atoms with van der Waals surface area (Å²) in [5, 5.41) is 6.51. The van der Waals surface area contributed by atoms with E-state index in [0.29, 0.717) is 17.3 Å². The van der Waals surface area contributed by atoms with Crippen LogP contribution in [0.2, 0.25) is 0 Å². The highest BCUT2D eigenvalue weighted by Gasteiger charge is 2.30. The molecule has 146 valence electrons. The number of nitrogens with zero attached hydrogens (tertiary/aromatic N) is 1. The minimum absolute atomic E-state index is 0.231. The largest absolute Gasteiger partial charge is 0.573 e. The van der Waals surface area contributed by atoms with E-state index in [2.05, 4.69) is 32.4 Å². The first-order chi connectivity index (χ1) is 12.7. The van der Waals surface area contributed by atoms with Crippen molar-refractivity contribution in [3.63, 3.8) is 0 Å². The van der Waals surface area contributed by atoms with E-state index < -0.39 is 6.36 Å². The third-order valence-corrected chi connectivity index (χ3v) is 4.13. The maximum atomic E-state index is 12.2. The average molecular weight is 397 g/mol. The van der Waals surface area contributed by atoms with Crippen molar-refractivity contribution in [2.24, 2.45) is 0 Å². The van der Waals surface area contributed by atoms with E-state index in [1.54, 1.807) is 0 Å². The van der Waals surface area contributed by atoms with Crippen molar-refractivity contribution in [3.8, 4) is 5.75 Å². The topological polar surface area (TPSA) is 36.5 Å². The van der Waals surface area contributed by atoms with Gasteiger partial charge in [0.2, 0.25) is 0 Å². The predicted octanol–water partition coefficient (Wildman–Crippen LogP) is 4.04. The van der Waals surface area contributed by atoms with Crippen LogP contribution in [0, 0.1) is 0 Å². The van der Waals surface area contributed by atoms with E-state index in [9.17, 15) is 13.2 Å². The van der Waals surface area contributed by atoms with Crippen molar-refractivity contribution in [2.45, 2.75) is 18.8 Å². The molecule has 1 atom stereocenters. The Kier molecular flexibility index (Phi) is 7.44.